The Balaban J connectivity index is 1.90. The summed E-state index contributed by atoms with van der Waals surface area (Å²) in [4.78, 5) is 12.7. The normalized spacial score (nSPS) is 11.1. The molecule has 2 nitrogen and oxygen atoms in total. The molecule has 0 aliphatic heterocycles. The van der Waals surface area contributed by atoms with E-state index in [1.807, 2.05) is 40.9 Å². The number of nitrogens with zero attached hydrogens (tertiary/aromatic N) is 1. The Kier molecular flexibility index (Phi) is 2.98. The maximum Gasteiger partial charge on any atom is 0.209 e. The summed E-state index contributed by atoms with van der Waals surface area (Å²) in [5.74, 6) is -0.00746. The second kappa shape index (κ2) is 5.00. The molecule has 4 aromatic rings. The molecule has 4 rings (SSSR count). The Morgan fingerprint density at radius 1 is 0.864 bits per heavy atom. The maximum absolute atomic E-state index is 12.7. The third-order valence-electron chi connectivity index (χ3n) is 3.90. The van der Waals surface area contributed by atoms with E-state index in [9.17, 15) is 4.79 Å². The van der Waals surface area contributed by atoms with Gasteiger partial charge in [-0.25, -0.2) is 0 Å². The number of halogens is 1. The molecule has 0 radical (unpaired) electrons. The van der Waals surface area contributed by atoms with Gasteiger partial charge in [-0.1, -0.05) is 35.9 Å². The van der Waals surface area contributed by atoms with Gasteiger partial charge in [0.05, 0.1) is 11.2 Å². The van der Waals surface area contributed by atoms with Crippen molar-refractivity contribution in [2.24, 2.45) is 0 Å². The molecule has 0 amide bonds. The van der Waals surface area contributed by atoms with Crippen LogP contribution in [0, 0.1) is 0 Å². The molecule has 0 saturated heterocycles. The first-order valence-electron chi connectivity index (χ1n) is 7.03. The number of fused-ring (bicyclic) bond motifs is 3. The van der Waals surface area contributed by atoms with Gasteiger partial charge in [-0.15, -0.1) is 0 Å². The lowest BCUT2D eigenvalue weighted by Crippen LogP contribution is -2.04. The monoisotopic (exact) mass is 305 g/mol. The highest BCUT2D eigenvalue weighted by Gasteiger charge is 2.14. The molecule has 0 spiro atoms. The van der Waals surface area contributed by atoms with Crippen molar-refractivity contribution < 1.29 is 4.79 Å². The minimum absolute atomic E-state index is 0.00746. The first-order valence-corrected chi connectivity index (χ1v) is 7.41. The van der Waals surface area contributed by atoms with Crippen LogP contribution in [0.1, 0.15) is 16.1 Å². The minimum atomic E-state index is -0.00746. The fourth-order valence-electron chi connectivity index (χ4n) is 2.79. The molecule has 0 bridgehead atoms. The van der Waals surface area contributed by atoms with Crippen LogP contribution in [0.3, 0.4) is 0 Å². The van der Waals surface area contributed by atoms with E-state index < -0.39 is 0 Å². The van der Waals surface area contributed by atoms with Crippen molar-refractivity contribution in [2.45, 2.75) is 0 Å². The number of carbonyl (C=O) groups excluding carboxylic acids is 1. The van der Waals surface area contributed by atoms with Crippen LogP contribution in [0.5, 0.6) is 0 Å². The summed E-state index contributed by atoms with van der Waals surface area (Å²) in [5.41, 5.74) is 2.33. The van der Waals surface area contributed by atoms with Crippen molar-refractivity contribution in [3.8, 4) is 0 Å². The average Bonchev–Trinajstić information content (AvgIpc) is 2.99. The highest BCUT2D eigenvalue weighted by atomic mass is 35.5. The lowest BCUT2D eigenvalue weighted by molar-refractivity contribution is 0.103. The number of aromatic nitrogens is 1. The Bertz CT molecular complexity index is 999. The Morgan fingerprint density at radius 3 is 2.45 bits per heavy atom. The topological polar surface area (TPSA) is 21.5 Å². The molecular weight excluding hydrogens is 294 g/mol. The van der Waals surface area contributed by atoms with Crippen LogP contribution in [0.15, 0.2) is 72.9 Å². The number of rotatable bonds is 2. The fourth-order valence-corrected chi connectivity index (χ4v) is 2.92. The second-order valence-electron chi connectivity index (χ2n) is 5.21. The number of hydrogen-bond acceptors (Lipinski definition) is 1. The van der Waals surface area contributed by atoms with Gasteiger partial charge in [-0.2, -0.15) is 0 Å². The zero-order valence-corrected chi connectivity index (χ0v) is 12.4. The van der Waals surface area contributed by atoms with Gasteiger partial charge in [0.25, 0.3) is 0 Å². The van der Waals surface area contributed by atoms with Crippen molar-refractivity contribution in [3.05, 3.63) is 89.2 Å². The van der Waals surface area contributed by atoms with Gasteiger partial charge in [-0.3, -0.25) is 4.79 Å². The number of carbonyl (C=O) groups is 1. The van der Waals surface area contributed by atoms with Crippen molar-refractivity contribution in [1.82, 2.24) is 4.40 Å². The first-order chi connectivity index (χ1) is 10.7. The zero-order chi connectivity index (χ0) is 15.1. The molecule has 106 valence electrons. The van der Waals surface area contributed by atoms with Crippen molar-refractivity contribution >= 4 is 33.7 Å². The van der Waals surface area contributed by atoms with Gasteiger partial charge in [0.2, 0.25) is 5.78 Å². The molecule has 0 unspecified atom stereocenters. The highest BCUT2D eigenvalue weighted by Crippen LogP contribution is 2.23. The average molecular weight is 306 g/mol. The summed E-state index contributed by atoms with van der Waals surface area (Å²) in [6, 6.07) is 21.0. The zero-order valence-electron chi connectivity index (χ0n) is 11.7. The van der Waals surface area contributed by atoms with Gasteiger partial charge in [0, 0.05) is 22.2 Å². The fraction of sp³-hybridized carbons (Fsp3) is 0. The Morgan fingerprint density at radius 2 is 1.64 bits per heavy atom. The molecule has 0 aliphatic carbocycles. The quantitative estimate of drug-likeness (QED) is 0.479. The van der Waals surface area contributed by atoms with E-state index in [0.29, 0.717) is 16.3 Å². The van der Waals surface area contributed by atoms with E-state index in [1.165, 1.54) is 5.39 Å². The van der Waals surface area contributed by atoms with Crippen molar-refractivity contribution in [2.75, 3.05) is 0 Å². The highest BCUT2D eigenvalue weighted by molar-refractivity contribution is 6.30. The molecule has 0 N–H and O–H groups in total. The Labute approximate surface area is 132 Å². The third-order valence-corrected chi connectivity index (χ3v) is 4.15. The minimum Gasteiger partial charge on any atom is -0.313 e. The van der Waals surface area contributed by atoms with Crippen molar-refractivity contribution in [3.63, 3.8) is 0 Å². The molecule has 0 fully saturated rings. The molecule has 0 aliphatic rings. The lowest BCUT2D eigenvalue weighted by atomic mass is 10.1. The van der Waals surface area contributed by atoms with Gasteiger partial charge >= 0.3 is 0 Å². The van der Waals surface area contributed by atoms with E-state index in [0.717, 1.165) is 10.9 Å². The molecular formula is C19H12ClNO. The van der Waals surface area contributed by atoms with E-state index in [1.54, 1.807) is 24.3 Å². The largest absolute Gasteiger partial charge is 0.313 e. The third kappa shape index (κ3) is 2.00. The van der Waals surface area contributed by atoms with Gasteiger partial charge in [-0.05, 0) is 47.9 Å². The summed E-state index contributed by atoms with van der Waals surface area (Å²) in [6.07, 6.45) is 1.95. The van der Waals surface area contributed by atoms with E-state index in [2.05, 4.69) is 12.1 Å². The van der Waals surface area contributed by atoms with Crippen LogP contribution in [0.25, 0.3) is 16.3 Å². The van der Waals surface area contributed by atoms with Gasteiger partial charge in [0.15, 0.2) is 0 Å². The number of hydrogen-bond donors (Lipinski definition) is 0. The van der Waals surface area contributed by atoms with E-state index in [-0.39, 0.29) is 5.78 Å². The maximum atomic E-state index is 12.7. The molecule has 0 saturated carbocycles. The Hall–Kier alpha value is -2.58. The summed E-state index contributed by atoms with van der Waals surface area (Å²) < 4.78 is 1.94. The number of benzene rings is 2. The number of pyridine rings is 1. The molecule has 2 aromatic carbocycles. The van der Waals surface area contributed by atoms with E-state index in [4.69, 9.17) is 11.6 Å². The van der Waals surface area contributed by atoms with Crippen LogP contribution in [0.4, 0.5) is 0 Å². The summed E-state index contributed by atoms with van der Waals surface area (Å²) in [7, 11) is 0. The predicted molar refractivity (Wildman–Crippen MR) is 89.8 cm³/mol. The standard InChI is InChI=1S/C19H12ClNO/c20-15-7-5-14(6-8-15)19(22)18-10-9-17-16-4-2-1-3-13(16)11-12-21(17)18/h1-12H. The molecule has 3 heteroatoms. The first kappa shape index (κ1) is 13.1. The molecule has 22 heavy (non-hydrogen) atoms. The summed E-state index contributed by atoms with van der Waals surface area (Å²) in [6.45, 7) is 0. The SMILES string of the molecule is O=C(c1ccc(Cl)cc1)c1ccc2c3ccccc3ccn12. The van der Waals surface area contributed by atoms with Crippen molar-refractivity contribution in [1.29, 1.82) is 0 Å². The lowest BCUT2D eigenvalue weighted by Gasteiger charge is -2.05. The van der Waals surface area contributed by atoms with Crippen LogP contribution < -0.4 is 0 Å². The summed E-state index contributed by atoms with van der Waals surface area (Å²) >= 11 is 5.89. The van der Waals surface area contributed by atoms with Crippen LogP contribution in [0.2, 0.25) is 5.02 Å². The number of ketones is 1. The smallest absolute Gasteiger partial charge is 0.209 e. The molecule has 2 aromatic heterocycles. The summed E-state index contributed by atoms with van der Waals surface area (Å²) in [5, 5.41) is 2.93. The van der Waals surface area contributed by atoms with Gasteiger partial charge in [0.1, 0.15) is 0 Å². The van der Waals surface area contributed by atoms with Crippen LogP contribution >= 0.6 is 11.6 Å². The van der Waals surface area contributed by atoms with Crippen LogP contribution in [-0.2, 0) is 0 Å². The molecule has 2 heterocycles. The van der Waals surface area contributed by atoms with Crippen LogP contribution in [-0.4, -0.2) is 10.2 Å². The molecule has 0 atom stereocenters. The van der Waals surface area contributed by atoms with E-state index >= 15 is 0 Å². The van der Waals surface area contributed by atoms with Gasteiger partial charge < -0.3 is 4.40 Å². The predicted octanol–water partition coefficient (Wildman–Crippen LogP) is 4.98. The second-order valence-corrected chi connectivity index (χ2v) is 5.65.